The van der Waals surface area contributed by atoms with Crippen LogP contribution in [0.25, 0.3) is 0 Å². The summed E-state index contributed by atoms with van der Waals surface area (Å²) in [6.45, 7) is 2.66. The summed E-state index contributed by atoms with van der Waals surface area (Å²) in [6.07, 6.45) is 2.60. The van der Waals surface area contributed by atoms with Gasteiger partial charge >= 0.3 is 0 Å². The second-order valence-electron chi connectivity index (χ2n) is 3.96. The lowest BCUT2D eigenvalue weighted by molar-refractivity contribution is -0.137. The molecule has 0 aromatic heterocycles. The van der Waals surface area contributed by atoms with Crippen LogP contribution in [0.1, 0.15) is 19.8 Å². The SMILES string of the molecule is CCNC(=O)CCNC(=O)CCN1C(=O)C=CC1=O. The zero-order chi connectivity index (χ0) is 14.3. The fraction of sp³-hybridized carbons (Fsp3) is 0.500. The van der Waals surface area contributed by atoms with E-state index in [4.69, 9.17) is 0 Å². The van der Waals surface area contributed by atoms with Crippen molar-refractivity contribution in [3.63, 3.8) is 0 Å². The van der Waals surface area contributed by atoms with Gasteiger partial charge < -0.3 is 10.6 Å². The second-order valence-corrected chi connectivity index (χ2v) is 3.96. The van der Waals surface area contributed by atoms with Crippen LogP contribution in [-0.2, 0) is 19.2 Å². The van der Waals surface area contributed by atoms with E-state index in [2.05, 4.69) is 10.6 Å². The molecular weight excluding hydrogens is 250 g/mol. The highest BCUT2D eigenvalue weighted by atomic mass is 16.2. The molecule has 0 atom stereocenters. The van der Waals surface area contributed by atoms with Crippen molar-refractivity contribution in [1.82, 2.24) is 15.5 Å². The number of amides is 4. The van der Waals surface area contributed by atoms with Gasteiger partial charge in [-0.2, -0.15) is 0 Å². The fourth-order valence-electron chi connectivity index (χ4n) is 1.55. The van der Waals surface area contributed by atoms with Crippen LogP contribution >= 0.6 is 0 Å². The summed E-state index contributed by atoms with van der Waals surface area (Å²) in [6, 6.07) is 0. The molecule has 4 amide bonds. The van der Waals surface area contributed by atoms with Crippen molar-refractivity contribution in [3.05, 3.63) is 12.2 Å². The van der Waals surface area contributed by atoms with Crippen molar-refractivity contribution in [3.8, 4) is 0 Å². The lowest BCUT2D eigenvalue weighted by atomic mass is 10.3. The third-order valence-corrected chi connectivity index (χ3v) is 2.51. The zero-order valence-corrected chi connectivity index (χ0v) is 10.8. The molecule has 0 aromatic rings. The maximum atomic E-state index is 11.4. The predicted molar refractivity (Wildman–Crippen MR) is 66.8 cm³/mol. The molecule has 1 heterocycles. The van der Waals surface area contributed by atoms with Crippen LogP contribution in [0.5, 0.6) is 0 Å². The van der Waals surface area contributed by atoms with Gasteiger partial charge in [-0.05, 0) is 6.92 Å². The Labute approximate surface area is 111 Å². The highest BCUT2D eigenvalue weighted by molar-refractivity contribution is 6.13. The van der Waals surface area contributed by atoms with E-state index in [-0.39, 0.29) is 37.7 Å². The van der Waals surface area contributed by atoms with Gasteiger partial charge in [-0.15, -0.1) is 0 Å². The largest absolute Gasteiger partial charge is 0.356 e. The van der Waals surface area contributed by atoms with Crippen LogP contribution in [0.3, 0.4) is 0 Å². The molecule has 19 heavy (non-hydrogen) atoms. The molecule has 0 aromatic carbocycles. The van der Waals surface area contributed by atoms with Crippen LogP contribution in [0.4, 0.5) is 0 Å². The summed E-state index contributed by atoms with van der Waals surface area (Å²) < 4.78 is 0. The van der Waals surface area contributed by atoms with E-state index in [9.17, 15) is 19.2 Å². The highest BCUT2D eigenvalue weighted by Gasteiger charge is 2.23. The van der Waals surface area contributed by atoms with Crippen LogP contribution in [-0.4, -0.2) is 48.2 Å². The van der Waals surface area contributed by atoms with Crippen LogP contribution in [0, 0.1) is 0 Å². The normalized spacial score (nSPS) is 13.8. The first-order valence-corrected chi connectivity index (χ1v) is 6.11. The average Bonchev–Trinajstić information content (AvgIpc) is 2.67. The van der Waals surface area contributed by atoms with Crippen molar-refractivity contribution >= 4 is 23.6 Å². The predicted octanol–water partition coefficient (Wildman–Crippen LogP) is -1.06. The van der Waals surface area contributed by atoms with Crippen molar-refractivity contribution in [1.29, 1.82) is 0 Å². The molecule has 2 N–H and O–H groups in total. The van der Waals surface area contributed by atoms with Gasteiger partial charge in [0.2, 0.25) is 11.8 Å². The summed E-state index contributed by atoms with van der Waals surface area (Å²) >= 11 is 0. The van der Waals surface area contributed by atoms with Crippen LogP contribution < -0.4 is 10.6 Å². The topological polar surface area (TPSA) is 95.6 Å². The van der Waals surface area contributed by atoms with E-state index in [1.54, 1.807) is 0 Å². The van der Waals surface area contributed by atoms with E-state index in [0.717, 1.165) is 4.90 Å². The zero-order valence-electron chi connectivity index (χ0n) is 10.8. The van der Waals surface area contributed by atoms with Crippen LogP contribution in [0.2, 0.25) is 0 Å². The number of hydrogen-bond donors (Lipinski definition) is 2. The number of imide groups is 1. The molecule has 7 nitrogen and oxygen atoms in total. The third kappa shape index (κ3) is 4.90. The molecule has 0 unspecified atom stereocenters. The molecule has 0 radical (unpaired) electrons. The molecule has 0 fully saturated rings. The number of hydrogen-bond acceptors (Lipinski definition) is 4. The summed E-state index contributed by atoms with van der Waals surface area (Å²) in [5.74, 6) is -1.23. The quantitative estimate of drug-likeness (QED) is 0.575. The van der Waals surface area contributed by atoms with Gasteiger partial charge in [-0.25, -0.2) is 0 Å². The number of rotatable bonds is 7. The van der Waals surface area contributed by atoms with Crippen molar-refractivity contribution in [2.75, 3.05) is 19.6 Å². The fourth-order valence-corrected chi connectivity index (χ4v) is 1.55. The first kappa shape index (κ1) is 14.9. The maximum absolute atomic E-state index is 11.4. The molecule has 0 bridgehead atoms. The Bertz CT molecular complexity index is 399. The molecule has 1 rings (SSSR count). The summed E-state index contributed by atoms with van der Waals surface area (Å²) in [4.78, 5) is 46.0. The van der Waals surface area contributed by atoms with Gasteiger partial charge in [-0.3, -0.25) is 24.1 Å². The summed E-state index contributed by atoms with van der Waals surface area (Å²) in [5.41, 5.74) is 0. The van der Waals surface area contributed by atoms with E-state index in [0.29, 0.717) is 6.54 Å². The molecular formula is C12H17N3O4. The molecule has 7 heteroatoms. The van der Waals surface area contributed by atoms with E-state index in [1.807, 2.05) is 6.92 Å². The Morgan fingerprint density at radius 1 is 1.05 bits per heavy atom. The second kappa shape index (κ2) is 7.30. The maximum Gasteiger partial charge on any atom is 0.253 e. The van der Waals surface area contributed by atoms with Crippen molar-refractivity contribution in [2.45, 2.75) is 19.8 Å². The van der Waals surface area contributed by atoms with Gasteiger partial charge in [0, 0.05) is 44.6 Å². The van der Waals surface area contributed by atoms with Crippen molar-refractivity contribution in [2.24, 2.45) is 0 Å². The third-order valence-electron chi connectivity index (χ3n) is 2.51. The minimum atomic E-state index is -0.403. The smallest absolute Gasteiger partial charge is 0.253 e. The molecule has 104 valence electrons. The Hall–Kier alpha value is -2.18. The van der Waals surface area contributed by atoms with E-state index >= 15 is 0 Å². The molecule has 0 saturated carbocycles. The van der Waals surface area contributed by atoms with Gasteiger partial charge in [0.25, 0.3) is 11.8 Å². The van der Waals surface area contributed by atoms with E-state index in [1.165, 1.54) is 12.2 Å². The van der Waals surface area contributed by atoms with Crippen molar-refractivity contribution < 1.29 is 19.2 Å². The Kier molecular flexibility index (Phi) is 5.72. The number of nitrogens with one attached hydrogen (secondary N) is 2. The average molecular weight is 267 g/mol. The number of nitrogens with zero attached hydrogens (tertiary/aromatic N) is 1. The van der Waals surface area contributed by atoms with Gasteiger partial charge in [0.15, 0.2) is 0 Å². The highest BCUT2D eigenvalue weighted by Crippen LogP contribution is 2.03. The van der Waals surface area contributed by atoms with Gasteiger partial charge in [0.05, 0.1) is 0 Å². The van der Waals surface area contributed by atoms with Gasteiger partial charge in [-0.1, -0.05) is 0 Å². The molecule has 0 spiro atoms. The van der Waals surface area contributed by atoms with Crippen LogP contribution in [0.15, 0.2) is 12.2 Å². The molecule has 1 aliphatic rings. The molecule has 0 saturated heterocycles. The lowest BCUT2D eigenvalue weighted by Crippen LogP contribution is -2.35. The Balaban J connectivity index is 2.16. The molecule has 0 aliphatic carbocycles. The molecule has 1 aliphatic heterocycles. The minimum Gasteiger partial charge on any atom is -0.356 e. The summed E-state index contributed by atoms with van der Waals surface area (Å²) in [7, 11) is 0. The van der Waals surface area contributed by atoms with Gasteiger partial charge in [0.1, 0.15) is 0 Å². The first-order chi connectivity index (χ1) is 9.04. The summed E-state index contributed by atoms with van der Waals surface area (Å²) in [5, 5.41) is 5.17. The minimum absolute atomic E-state index is 0.0363. The lowest BCUT2D eigenvalue weighted by Gasteiger charge is -2.13. The Morgan fingerprint density at radius 2 is 1.63 bits per heavy atom. The standard InChI is InChI=1S/C12H17N3O4/c1-2-13-9(16)5-7-14-10(17)6-8-15-11(18)3-4-12(15)19/h3-4H,2,5-8H2,1H3,(H,13,16)(H,14,17). The van der Waals surface area contributed by atoms with E-state index < -0.39 is 11.8 Å². The first-order valence-electron chi connectivity index (χ1n) is 6.11. The Morgan fingerprint density at radius 3 is 2.21 bits per heavy atom. The number of carbonyl (C=O) groups excluding carboxylic acids is 4. The monoisotopic (exact) mass is 267 g/mol. The number of carbonyl (C=O) groups is 4.